The van der Waals surface area contributed by atoms with Crippen molar-refractivity contribution in [3.05, 3.63) is 59.7 Å². The Morgan fingerprint density at radius 3 is 2.60 bits per heavy atom. The second-order valence-electron chi connectivity index (χ2n) is 5.41. The molecule has 0 spiro atoms. The van der Waals surface area contributed by atoms with Gasteiger partial charge < -0.3 is 14.8 Å². The molecule has 130 valence electrons. The second kappa shape index (κ2) is 10.0. The average Bonchev–Trinajstić information content (AvgIpc) is 2.66. The van der Waals surface area contributed by atoms with Crippen LogP contribution in [0.4, 0.5) is 0 Å². The highest BCUT2D eigenvalue weighted by atomic mass is 16.5. The van der Waals surface area contributed by atoms with Crippen molar-refractivity contribution in [1.29, 1.82) is 0 Å². The van der Waals surface area contributed by atoms with Gasteiger partial charge in [-0.3, -0.25) is 4.79 Å². The number of carbonyl (C=O) groups is 1. The molecule has 1 N–H and O–H groups in total. The van der Waals surface area contributed by atoms with Gasteiger partial charge in [-0.05, 0) is 42.8 Å². The number of hydrogen-bond donors (Lipinski definition) is 1. The summed E-state index contributed by atoms with van der Waals surface area (Å²) in [4.78, 5) is 12.1. The highest BCUT2D eigenvalue weighted by Crippen LogP contribution is 2.15. The zero-order valence-electron chi connectivity index (χ0n) is 14.7. The highest BCUT2D eigenvalue weighted by molar-refractivity contribution is 5.94. The molecule has 0 saturated heterocycles. The largest absolute Gasteiger partial charge is 0.495 e. The summed E-state index contributed by atoms with van der Waals surface area (Å²) in [6.45, 7) is 3.08. The Morgan fingerprint density at radius 2 is 1.88 bits per heavy atom. The fourth-order valence-corrected chi connectivity index (χ4v) is 2.15. The smallest absolute Gasteiger partial charge is 0.252 e. The fourth-order valence-electron chi connectivity index (χ4n) is 2.15. The Labute approximate surface area is 149 Å². The average molecular weight is 337 g/mol. The Morgan fingerprint density at radius 1 is 1.12 bits per heavy atom. The van der Waals surface area contributed by atoms with Crippen LogP contribution in [0.25, 0.3) is 0 Å². The highest BCUT2D eigenvalue weighted by Gasteiger charge is 2.04. The maximum absolute atomic E-state index is 12.1. The number of rotatable bonds is 7. The lowest BCUT2D eigenvalue weighted by atomic mass is 10.2. The number of benzene rings is 2. The number of amides is 1. The summed E-state index contributed by atoms with van der Waals surface area (Å²) in [6.07, 6.45) is 2.11. The summed E-state index contributed by atoms with van der Waals surface area (Å²) < 4.78 is 10.8. The number of para-hydroxylation sites is 1. The Kier molecular flexibility index (Phi) is 7.40. The van der Waals surface area contributed by atoms with Crippen LogP contribution in [-0.4, -0.2) is 26.2 Å². The first kappa shape index (κ1) is 18.4. The number of unbranched alkanes of at least 4 members (excludes halogenated alkanes) is 1. The van der Waals surface area contributed by atoms with Crippen LogP contribution in [0.15, 0.2) is 48.5 Å². The van der Waals surface area contributed by atoms with Crippen molar-refractivity contribution in [2.45, 2.75) is 19.8 Å². The second-order valence-corrected chi connectivity index (χ2v) is 5.41. The molecule has 0 fully saturated rings. The molecule has 0 radical (unpaired) electrons. The summed E-state index contributed by atoms with van der Waals surface area (Å²) in [5.74, 6) is 7.28. The first-order chi connectivity index (χ1) is 12.2. The van der Waals surface area contributed by atoms with E-state index in [4.69, 9.17) is 9.47 Å². The lowest BCUT2D eigenvalue weighted by Crippen LogP contribution is -2.23. The zero-order chi connectivity index (χ0) is 17.9. The standard InChI is InChI=1S/C21H23NO3/c1-3-4-16-25-19-13-11-18(12-14-19)21(23)22-15-7-9-17-8-5-6-10-20(17)24-2/h5-6,8,10-14H,3-4,15-16H2,1-2H3,(H,22,23). The molecule has 2 rings (SSSR count). The fraction of sp³-hybridized carbons (Fsp3) is 0.286. The molecule has 4 nitrogen and oxygen atoms in total. The van der Waals surface area contributed by atoms with Crippen molar-refractivity contribution in [3.63, 3.8) is 0 Å². The van der Waals surface area contributed by atoms with E-state index in [-0.39, 0.29) is 12.5 Å². The van der Waals surface area contributed by atoms with Crippen LogP contribution in [0, 0.1) is 11.8 Å². The van der Waals surface area contributed by atoms with Crippen LogP contribution < -0.4 is 14.8 Å². The molecule has 0 atom stereocenters. The van der Waals surface area contributed by atoms with Crippen LogP contribution >= 0.6 is 0 Å². The molecule has 0 bridgehead atoms. The minimum atomic E-state index is -0.158. The number of nitrogens with one attached hydrogen (secondary N) is 1. The van der Waals surface area contributed by atoms with E-state index in [2.05, 4.69) is 24.1 Å². The van der Waals surface area contributed by atoms with Gasteiger partial charge in [0.15, 0.2) is 0 Å². The van der Waals surface area contributed by atoms with E-state index < -0.39 is 0 Å². The minimum Gasteiger partial charge on any atom is -0.495 e. The molecule has 0 aliphatic heterocycles. The summed E-state index contributed by atoms with van der Waals surface area (Å²) in [7, 11) is 1.61. The lowest BCUT2D eigenvalue weighted by molar-refractivity contribution is 0.0958. The van der Waals surface area contributed by atoms with E-state index in [1.807, 2.05) is 36.4 Å². The minimum absolute atomic E-state index is 0.158. The predicted octanol–water partition coefficient (Wildman–Crippen LogP) is 3.66. The van der Waals surface area contributed by atoms with E-state index >= 15 is 0 Å². The third kappa shape index (κ3) is 5.89. The quantitative estimate of drug-likeness (QED) is 0.620. The molecule has 25 heavy (non-hydrogen) atoms. The molecule has 1 amide bonds. The molecule has 0 heterocycles. The van der Waals surface area contributed by atoms with Crippen molar-refractivity contribution < 1.29 is 14.3 Å². The zero-order valence-corrected chi connectivity index (χ0v) is 14.7. The van der Waals surface area contributed by atoms with Crippen LogP contribution in [-0.2, 0) is 0 Å². The van der Waals surface area contributed by atoms with Gasteiger partial charge in [0.1, 0.15) is 11.5 Å². The summed E-state index contributed by atoms with van der Waals surface area (Å²) >= 11 is 0. The number of carbonyl (C=O) groups excluding carboxylic acids is 1. The Hall–Kier alpha value is -2.93. The summed E-state index contributed by atoms with van der Waals surface area (Å²) in [5, 5.41) is 2.78. The van der Waals surface area contributed by atoms with E-state index in [9.17, 15) is 4.79 Å². The van der Waals surface area contributed by atoms with E-state index in [1.165, 1.54) is 0 Å². The normalized spacial score (nSPS) is 9.68. The number of hydrogen-bond acceptors (Lipinski definition) is 3. The predicted molar refractivity (Wildman–Crippen MR) is 99.1 cm³/mol. The van der Waals surface area contributed by atoms with Crippen molar-refractivity contribution >= 4 is 5.91 Å². The number of methoxy groups -OCH3 is 1. The van der Waals surface area contributed by atoms with E-state index in [0.29, 0.717) is 12.2 Å². The SMILES string of the molecule is CCCCOc1ccc(C(=O)NCC#Cc2ccccc2OC)cc1. The van der Waals surface area contributed by atoms with Crippen molar-refractivity contribution in [2.24, 2.45) is 0 Å². The van der Waals surface area contributed by atoms with Crippen LogP contribution in [0.3, 0.4) is 0 Å². The molecule has 0 aromatic heterocycles. The molecule has 4 heteroatoms. The molecule has 0 saturated carbocycles. The molecule has 2 aromatic carbocycles. The maximum atomic E-state index is 12.1. The van der Waals surface area contributed by atoms with Crippen LogP contribution in [0.2, 0.25) is 0 Å². The van der Waals surface area contributed by atoms with E-state index in [1.54, 1.807) is 19.2 Å². The summed E-state index contributed by atoms with van der Waals surface area (Å²) in [6, 6.07) is 14.7. The van der Waals surface area contributed by atoms with Crippen molar-refractivity contribution in [1.82, 2.24) is 5.32 Å². The van der Waals surface area contributed by atoms with Gasteiger partial charge in [-0.1, -0.05) is 37.3 Å². The molecule has 0 aliphatic carbocycles. The third-order valence-corrected chi connectivity index (χ3v) is 3.55. The monoisotopic (exact) mass is 337 g/mol. The van der Waals surface area contributed by atoms with Gasteiger partial charge in [0.2, 0.25) is 0 Å². The van der Waals surface area contributed by atoms with Gasteiger partial charge >= 0.3 is 0 Å². The molecular weight excluding hydrogens is 314 g/mol. The molecule has 0 unspecified atom stereocenters. The lowest BCUT2D eigenvalue weighted by Gasteiger charge is -2.06. The molecular formula is C21H23NO3. The summed E-state index contributed by atoms with van der Waals surface area (Å²) in [5.41, 5.74) is 1.38. The van der Waals surface area contributed by atoms with Gasteiger partial charge in [0.05, 0.1) is 25.8 Å². The Bertz CT molecular complexity index is 742. The Balaban J connectivity index is 1.85. The van der Waals surface area contributed by atoms with Crippen molar-refractivity contribution in [3.8, 4) is 23.3 Å². The van der Waals surface area contributed by atoms with Gasteiger partial charge in [-0.2, -0.15) is 0 Å². The van der Waals surface area contributed by atoms with Gasteiger partial charge in [-0.25, -0.2) is 0 Å². The first-order valence-electron chi connectivity index (χ1n) is 8.37. The third-order valence-electron chi connectivity index (χ3n) is 3.55. The van der Waals surface area contributed by atoms with Gasteiger partial charge in [-0.15, -0.1) is 0 Å². The topological polar surface area (TPSA) is 47.6 Å². The van der Waals surface area contributed by atoms with Gasteiger partial charge in [0, 0.05) is 5.56 Å². The first-order valence-corrected chi connectivity index (χ1v) is 8.37. The van der Waals surface area contributed by atoms with Gasteiger partial charge in [0.25, 0.3) is 5.91 Å². The molecule has 2 aromatic rings. The van der Waals surface area contributed by atoms with Crippen LogP contribution in [0.5, 0.6) is 11.5 Å². The molecule has 0 aliphatic rings. The van der Waals surface area contributed by atoms with E-state index in [0.717, 1.165) is 29.9 Å². The van der Waals surface area contributed by atoms with Crippen LogP contribution in [0.1, 0.15) is 35.7 Å². The maximum Gasteiger partial charge on any atom is 0.252 e. The van der Waals surface area contributed by atoms with Crippen molar-refractivity contribution in [2.75, 3.05) is 20.3 Å². The number of ether oxygens (including phenoxy) is 2.